The third-order valence-electron chi connectivity index (χ3n) is 4.41. The van der Waals surface area contributed by atoms with Crippen molar-refractivity contribution in [2.24, 2.45) is 0 Å². The van der Waals surface area contributed by atoms with Crippen LogP contribution in [0, 0.1) is 13.8 Å². The average Bonchev–Trinajstić information content (AvgIpc) is 2.61. The molecule has 0 bridgehead atoms. The number of methoxy groups -OCH3 is 1. The number of carbonyl (C=O) groups excluding carboxylic acids is 1. The van der Waals surface area contributed by atoms with Crippen molar-refractivity contribution in [2.75, 3.05) is 23.0 Å². The van der Waals surface area contributed by atoms with Crippen molar-refractivity contribution < 1.29 is 17.9 Å². The van der Waals surface area contributed by atoms with E-state index in [4.69, 9.17) is 4.74 Å². The van der Waals surface area contributed by atoms with Crippen molar-refractivity contribution >= 4 is 27.3 Å². The van der Waals surface area contributed by atoms with Gasteiger partial charge in [-0.15, -0.1) is 0 Å². The van der Waals surface area contributed by atoms with E-state index < -0.39 is 22.0 Å². The zero-order chi connectivity index (χ0) is 20.2. The van der Waals surface area contributed by atoms with Gasteiger partial charge < -0.3 is 10.1 Å². The molecular formula is C20H26N2O4S. The lowest BCUT2D eigenvalue weighted by molar-refractivity contribution is -0.117. The summed E-state index contributed by atoms with van der Waals surface area (Å²) in [5, 5.41) is 2.79. The molecule has 1 atom stereocenters. The number of hydrogen-bond acceptors (Lipinski definition) is 4. The van der Waals surface area contributed by atoms with Crippen molar-refractivity contribution in [3.05, 3.63) is 53.6 Å². The van der Waals surface area contributed by atoms with E-state index in [9.17, 15) is 13.2 Å². The van der Waals surface area contributed by atoms with Crippen LogP contribution in [-0.4, -0.2) is 33.7 Å². The average molecular weight is 391 g/mol. The van der Waals surface area contributed by atoms with Crippen LogP contribution in [0.4, 0.5) is 11.4 Å². The van der Waals surface area contributed by atoms with Gasteiger partial charge in [-0.1, -0.05) is 19.1 Å². The predicted octanol–water partition coefficient (Wildman–Crippen LogP) is 3.50. The smallest absolute Gasteiger partial charge is 0.248 e. The number of nitrogens with zero attached hydrogens (tertiary/aromatic N) is 1. The number of carbonyl (C=O) groups is 1. The van der Waals surface area contributed by atoms with E-state index >= 15 is 0 Å². The molecule has 0 aliphatic heterocycles. The maximum absolute atomic E-state index is 12.9. The van der Waals surface area contributed by atoms with E-state index in [1.165, 1.54) is 4.31 Å². The highest BCUT2D eigenvalue weighted by atomic mass is 32.2. The summed E-state index contributed by atoms with van der Waals surface area (Å²) in [4.78, 5) is 12.9. The second kappa shape index (κ2) is 8.43. The fraction of sp³-hybridized carbons (Fsp3) is 0.350. The van der Waals surface area contributed by atoms with Crippen molar-refractivity contribution in [1.82, 2.24) is 0 Å². The summed E-state index contributed by atoms with van der Waals surface area (Å²) in [6, 6.07) is 11.4. The molecule has 0 aliphatic carbocycles. The summed E-state index contributed by atoms with van der Waals surface area (Å²) in [5.41, 5.74) is 3.05. The summed E-state index contributed by atoms with van der Waals surface area (Å²) in [6.07, 6.45) is 1.44. The largest absolute Gasteiger partial charge is 0.497 e. The molecule has 2 rings (SSSR count). The Labute approximate surface area is 161 Å². The van der Waals surface area contributed by atoms with Gasteiger partial charge in [-0.2, -0.15) is 0 Å². The topological polar surface area (TPSA) is 75.7 Å². The highest BCUT2D eigenvalue weighted by molar-refractivity contribution is 7.92. The van der Waals surface area contributed by atoms with Crippen molar-refractivity contribution in [3.63, 3.8) is 0 Å². The zero-order valence-electron chi connectivity index (χ0n) is 16.3. The van der Waals surface area contributed by atoms with Crippen LogP contribution in [0.25, 0.3) is 0 Å². The normalized spacial score (nSPS) is 12.3. The molecule has 0 spiro atoms. The number of aryl methyl sites for hydroxylation is 2. The maximum atomic E-state index is 12.9. The predicted molar refractivity (Wildman–Crippen MR) is 109 cm³/mol. The van der Waals surface area contributed by atoms with Crippen LogP contribution >= 0.6 is 0 Å². The third-order valence-corrected chi connectivity index (χ3v) is 5.59. The van der Waals surface area contributed by atoms with Gasteiger partial charge in [0.25, 0.3) is 0 Å². The first-order valence-corrected chi connectivity index (χ1v) is 10.5. The third kappa shape index (κ3) is 5.01. The van der Waals surface area contributed by atoms with E-state index in [1.54, 1.807) is 50.4 Å². The number of sulfonamides is 1. The Kier molecular flexibility index (Phi) is 6.49. The Balaban J connectivity index is 2.39. The molecule has 0 saturated carbocycles. The van der Waals surface area contributed by atoms with Gasteiger partial charge in [-0.3, -0.25) is 9.10 Å². The SMILES string of the molecule is CC[C@H](C(=O)Nc1cccc(OC)c1)N(c1ccc(C)c(C)c1)S(C)(=O)=O. The Hall–Kier alpha value is -2.54. The van der Waals surface area contributed by atoms with E-state index in [1.807, 2.05) is 19.9 Å². The fourth-order valence-corrected chi connectivity index (χ4v) is 4.05. The molecule has 0 radical (unpaired) electrons. The summed E-state index contributed by atoms with van der Waals surface area (Å²) >= 11 is 0. The molecule has 2 aromatic carbocycles. The lowest BCUT2D eigenvalue weighted by Gasteiger charge is -2.30. The first-order valence-electron chi connectivity index (χ1n) is 8.69. The number of nitrogens with one attached hydrogen (secondary N) is 1. The molecule has 6 nitrogen and oxygen atoms in total. The highest BCUT2D eigenvalue weighted by Crippen LogP contribution is 2.26. The molecule has 0 fully saturated rings. The molecule has 0 heterocycles. The van der Waals surface area contributed by atoms with Gasteiger partial charge in [0.15, 0.2) is 0 Å². The maximum Gasteiger partial charge on any atom is 0.248 e. The first kappa shape index (κ1) is 20.8. The van der Waals surface area contributed by atoms with Gasteiger partial charge >= 0.3 is 0 Å². The molecule has 1 N–H and O–H groups in total. The Morgan fingerprint density at radius 3 is 2.41 bits per heavy atom. The molecular weight excluding hydrogens is 364 g/mol. The van der Waals surface area contributed by atoms with Gasteiger partial charge in [-0.25, -0.2) is 8.42 Å². The van der Waals surface area contributed by atoms with Gasteiger partial charge in [0.05, 0.1) is 19.1 Å². The van der Waals surface area contributed by atoms with E-state index in [0.29, 0.717) is 23.5 Å². The van der Waals surface area contributed by atoms with Crippen LogP contribution in [0.5, 0.6) is 5.75 Å². The molecule has 0 aliphatic rings. The molecule has 2 aromatic rings. The number of hydrogen-bond donors (Lipinski definition) is 1. The van der Waals surface area contributed by atoms with Gasteiger partial charge in [0, 0.05) is 11.8 Å². The van der Waals surface area contributed by atoms with Gasteiger partial charge in [0.2, 0.25) is 15.9 Å². The second-order valence-corrected chi connectivity index (χ2v) is 8.33. The van der Waals surface area contributed by atoms with Crippen molar-refractivity contribution in [1.29, 1.82) is 0 Å². The quantitative estimate of drug-likeness (QED) is 0.785. The highest BCUT2D eigenvalue weighted by Gasteiger charge is 2.31. The number of rotatable bonds is 7. The molecule has 27 heavy (non-hydrogen) atoms. The van der Waals surface area contributed by atoms with Crippen molar-refractivity contribution in [3.8, 4) is 5.75 Å². The Morgan fingerprint density at radius 2 is 1.85 bits per heavy atom. The van der Waals surface area contributed by atoms with E-state index in [0.717, 1.165) is 17.4 Å². The second-order valence-electron chi connectivity index (χ2n) is 6.47. The van der Waals surface area contributed by atoms with E-state index in [2.05, 4.69) is 5.32 Å². The fourth-order valence-electron chi connectivity index (χ4n) is 2.85. The molecule has 146 valence electrons. The minimum atomic E-state index is -3.66. The number of benzene rings is 2. The number of ether oxygens (including phenoxy) is 1. The van der Waals surface area contributed by atoms with Gasteiger partial charge in [-0.05, 0) is 55.7 Å². The minimum absolute atomic E-state index is 0.329. The summed E-state index contributed by atoms with van der Waals surface area (Å²) in [5.74, 6) is 0.212. The van der Waals surface area contributed by atoms with Crippen LogP contribution < -0.4 is 14.4 Å². The molecule has 0 unspecified atom stereocenters. The summed E-state index contributed by atoms with van der Waals surface area (Å²) in [6.45, 7) is 5.66. The summed E-state index contributed by atoms with van der Waals surface area (Å²) < 4.78 is 31.4. The van der Waals surface area contributed by atoms with Crippen LogP contribution in [-0.2, 0) is 14.8 Å². The minimum Gasteiger partial charge on any atom is -0.497 e. The molecule has 1 amide bonds. The standard InChI is InChI=1S/C20H26N2O4S/c1-6-19(20(23)21-16-8-7-9-18(13-16)26-4)22(27(5,24)25)17-11-10-14(2)15(3)12-17/h7-13,19H,6H2,1-5H3,(H,21,23)/t19-/m1/s1. The van der Waals surface area contributed by atoms with Crippen LogP contribution in [0.15, 0.2) is 42.5 Å². The van der Waals surface area contributed by atoms with Crippen LogP contribution in [0.1, 0.15) is 24.5 Å². The zero-order valence-corrected chi connectivity index (χ0v) is 17.1. The van der Waals surface area contributed by atoms with Crippen molar-refractivity contribution in [2.45, 2.75) is 33.2 Å². The van der Waals surface area contributed by atoms with Gasteiger partial charge in [0.1, 0.15) is 11.8 Å². The molecule has 7 heteroatoms. The Morgan fingerprint density at radius 1 is 1.15 bits per heavy atom. The Bertz CT molecular complexity index is 925. The number of amides is 1. The lowest BCUT2D eigenvalue weighted by atomic mass is 10.1. The van der Waals surface area contributed by atoms with Crippen LogP contribution in [0.2, 0.25) is 0 Å². The molecule has 0 saturated heterocycles. The van der Waals surface area contributed by atoms with E-state index in [-0.39, 0.29) is 0 Å². The molecule has 0 aromatic heterocycles. The number of anilines is 2. The first-order chi connectivity index (χ1) is 12.7. The lowest BCUT2D eigenvalue weighted by Crippen LogP contribution is -2.47. The summed E-state index contributed by atoms with van der Waals surface area (Å²) in [7, 11) is -2.12. The van der Waals surface area contributed by atoms with Crippen LogP contribution in [0.3, 0.4) is 0 Å². The monoisotopic (exact) mass is 390 g/mol.